The highest BCUT2D eigenvalue weighted by molar-refractivity contribution is 7.59. The number of para-hydroxylation sites is 1. The van der Waals surface area contributed by atoms with Crippen LogP contribution in [0, 0.1) is 0 Å². The zero-order chi connectivity index (χ0) is 24.2. The number of aromatic nitrogens is 5. The summed E-state index contributed by atoms with van der Waals surface area (Å²) in [5.41, 5.74) is 5.09. The molecular formula is C21H17ClF3N7O2S. The van der Waals surface area contributed by atoms with Crippen molar-refractivity contribution in [1.29, 1.82) is 0 Å². The second kappa shape index (κ2) is 8.89. The van der Waals surface area contributed by atoms with Crippen LogP contribution in [0.3, 0.4) is 0 Å². The number of ketones is 1. The number of anilines is 2. The van der Waals surface area contributed by atoms with E-state index in [9.17, 15) is 22.8 Å². The van der Waals surface area contributed by atoms with Gasteiger partial charge in [-0.1, -0.05) is 29.8 Å². The van der Waals surface area contributed by atoms with Crippen LogP contribution in [-0.4, -0.2) is 42.7 Å². The molecule has 0 spiro atoms. The lowest BCUT2D eigenvalue weighted by atomic mass is 10.00. The smallest absolute Gasteiger partial charge is 0.368 e. The van der Waals surface area contributed by atoms with Gasteiger partial charge in [-0.2, -0.15) is 36.7 Å². The molecule has 3 aromatic heterocycles. The first-order chi connectivity index (χ1) is 16.2. The third-order valence-electron chi connectivity index (χ3n) is 5.56. The van der Waals surface area contributed by atoms with E-state index in [1.165, 1.54) is 26.2 Å². The molecule has 182 valence electrons. The van der Waals surface area contributed by atoms with Crippen LogP contribution >= 0.6 is 25.1 Å². The Morgan fingerprint density at radius 1 is 1.17 bits per heavy atom. The van der Waals surface area contributed by atoms with Crippen LogP contribution < -0.4 is 16.2 Å². The summed E-state index contributed by atoms with van der Waals surface area (Å²) in [5, 5.41) is 4.76. The van der Waals surface area contributed by atoms with Crippen LogP contribution in [0.15, 0.2) is 53.6 Å². The first-order valence-corrected chi connectivity index (χ1v) is 10.4. The van der Waals surface area contributed by atoms with Crippen molar-refractivity contribution in [3.05, 3.63) is 75.6 Å². The van der Waals surface area contributed by atoms with E-state index < -0.39 is 29.1 Å². The van der Waals surface area contributed by atoms with E-state index in [-0.39, 0.29) is 48.2 Å². The Kier molecular flexibility index (Phi) is 6.23. The third kappa shape index (κ3) is 4.10. The summed E-state index contributed by atoms with van der Waals surface area (Å²) < 4.78 is 42.3. The van der Waals surface area contributed by atoms with Crippen molar-refractivity contribution in [1.82, 2.24) is 24.1 Å². The summed E-state index contributed by atoms with van der Waals surface area (Å²) >= 11 is 6.20. The molecule has 35 heavy (non-hydrogen) atoms. The van der Waals surface area contributed by atoms with Crippen molar-refractivity contribution in [3.63, 3.8) is 0 Å². The van der Waals surface area contributed by atoms with Gasteiger partial charge in [0.05, 0.1) is 22.3 Å². The second-order valence-corrected chi connectivity index (χ2v) is 7.99. The summed E-state index contributed by atoms with van der Waals surface area (Å²) in [4.78, 5) is 34.4. The minimum absolute atomic E-state index is 0. The predicted molar refractivity (Wildman–Crippen MR) is 128 cm³/mol. The third-order valence-corrected chi connectivity index (χ3v) is 5.86. The number of Topliss-reactive ketones (excluding diaryl/α,β-unsaturated/α-hetero) is 1. The van der Waals surface area contributed by atoms with E-state index >= 15 is 0 Å². The minimum atomic E-state index is -5.13. The van der Waals surface area contributed by atoms with E-state index in [0.717, 1.165) is 6.20 Å². The zero-order valence-electron chi connectivity index (χ0n) is 17.7. The van der Waals surface area contributed by atoms with Crippen LogP contribution in [0.5, 0.6) is 0 Å². The van der Waals surface area contributed by atoms with E-state index in [2.05, 4.69) is 15.1 Å². The summed E-state index contributed by atoms with van der Waals surface area (Å²) in [5.74, 6) is -2.41. The predicted octanol–water partition coefficient (Wildman–Crippen LogP) is 3.32. The number of carbonyl (C=O) groups excluding carboxylic acids is 1. The Bertz CT molecular complexity index is 1490. The molecule has 14 heteroatoms. The molecule has 1 atom stereocenters. The average molecular weight is 524 g/mol. The van der Waals surface area contributed by atoms with Gasteiger partial charge in [0.1, 0.15) is 11.3 Å². The number of nitrogens with two attached hydrogens (primary N) is 1. The maximum atomic E-state index is 13.4. The molecule has 0 radical (unpaired) electrons. The van der Waals surface area contributed by atoms with E-state index in [4.69, 9.17) is 17.3 Å². The minimum Gasteiger partial charge on any atom is -0.368 e. The second-order valence-electron chi connectivity index (χ2n) is 7.58. The van der Waals surface area contributed by atoms with Gasteiger partial charge in [0.2, 0.25) is 5.95 Å². The molecule has 1 fully saturated rings. The topological polar surface area (TPSA) is 111 Å². The quantitative estimate of drug-likeness (QED) is 0.408. The van der Waals surface area contributed by atoms with Crippen LogP contribution in [0.2, 0.25) is 5.02 Å². The number of halogens is 4. The molecule has 0 unspecified atom stereocenters. The highest BCUT2D eigenvalue weighted by atomic mass is 35.5. The number of carbonyl (C=O) groups is 1. The first-order valence-electron chi connectivity index (χ1n) is 10.0. The highest BCUT2D eigenvalue weighted by Gasteiger charge is 2.44. The Morgan fingerprint density at radius 2 is 1.89 bits per heavy atom. The Balaban J connectivity index is 0.00000289. The standard InChI is InChI=1S/C21H15ClF3N7O2.H2S/c22-13-6-9-31-15(13)19(34)32(11-4-2-1-3-5-11)18(29-31)14-7-8-30(14)17-12(10-27-20(26)28-17)16(33)21(23,24)25;/h1-6,9-10,14H,7-8H2,(H2,26,27,28);1H2/t14-;/m0./s1. The molecule has 0 bridgehead atoms. The summed E-state index contributed by atoms with van der Waals surface area (Å²) in [6, 6.07) is 9.49. The number of benzene rings is 1. The molecule has 4 aromatic rings. The van der Waals surface area contributed by atoms with Gasteiger partial charge in [-0.15, -0.1) is 0 Å². The van der Waals surface area contributed by atoms with Gasteiger partial charge >= 0.3 is 6.18 Å². The molecule has 4 heterocycles. The average Bonchev–Trinajstić information content (AvgIpc) is 3.14. The Labute approximate surface area is 207 Å². The number of nitrogen functional groups attached to an aromatic ring is 1. The molecule has 1 saturated heterocycles. The van der Waals surface area contributed by atoms with Crippen molar-refractivity contribution >= 4 is 48.2 Å². The molecule has 1 aromatic carbocycles. The molecule has 9 nitrogen and oxygen atoms in total. The zero-order valence-corrected chi connectivity index (χ0v) is 19.5. The van der Waals surface area contributed by atoms with Crippen LogP contribution in [0.4, 0.5) is 24.9 Å². The van der Waals surface area contributed by atoms with Gasteiger partial charge in [0.15, 0.2) is 5.82 Å². The Hall–Kier alpha value is -3.58. The van der Waals surface area contributed by atoms with Gasteiger partial charge in [-0.05, 0) is 24.6 Å². The number of rotatable bonds is 4. The molecule has 0 saturated carbocycles. The number of nitrogens with zero attached hydrogens (tertiary/aromatic N) is 6. The van der Waals surface area contributed by atoms with Gasteiger partial charge in [-0.3, -0.25) is 14.2 Å². The summed E-state index contributed by atoms with van der Waals surface area (Å²) in [6.07, 6.45) is -2.42. The number of fused-ring (bicyclic) bond motifs is 1. The number of alkyl halides is 3. The fraction of sp³-hybridized carbons (Fsp3) is 0.190. The van der Waals surface area contributed by atoms with Gasteiger partial charge in [0.25, 0.3) is 11.3 Å². The van der Waals surface area contributed by atoms with E-state index in [0.29, 0.717) is 12.1 Å². The summed E-state index contributed by atoms with van der Waals surface area (Å²) in [7, 11) is 0. The monoisotopic (exact) mass is 523 g/mol. The van der Waals surface area contributed by atoms with Gasteiger partial charge in [0, 0.05) is 18.9 Å². The molecule has 0 amide bonds. The van der Waals surface area contributed by atoms with Crippen LogP contribution in [-0.2, 0) is 0 Å². The lowest BCUT2D eigenvalue weighted by molar-refractivity contribution is -0.0885. The van der Waals surface area contributed by atoms with Crippen molar-refractivity contribution < 1.29 is 18.0 Å². The van der Waals surface area contributed by atoms with E-state index in [1.807, 2.05) is 0 Å². The number of hydrogen-bond acceptors (Lipinski definition) is 7. The maximum absolute atomic E-state index is 13.4. The van der Waals surface area contributed by atoms with Crippen LogP contribution in [0.25, 0.3) is 11.2 Å². The van der Waals surface area contributed by atoms with E-state index in [1.54, 1.807) is 30.3 Å². The molecule has 5 rings (SSSR count). The van der Waals surface area contributed by atoms with Crippen molar-refractivity contribution in [2.45, 2.75) is 18.6 Å². The maximum Gasteiger partial charge on any atom is 0.455 e. The van der Waals surface area contributed by atoms with Crippen molar-refractivity contribution in [2.24, 2.45) is 0 Å². The SMILES string of the molecule is Nc1ncc(C(=O)C(F)(F)F)c(N2CC[C@H]2c2nn3ccc(Cl)c3c(=O)n2-c2ccccc2)n1.S. The summed E-state index contributed by atoms with van der Waals surface area (Å²) in [6.45, 7) is 0.258. The van der Waals surface area contributed by atoms with Crippen molar-refractivity contribution in [2.75, 3.05) is 17.2 Å². The highest BCUT2D eigenvalue weighted by Crippen LogP contribution is 2.39. The van der Waals surface area contributed by atoms with Crippen molar-refractivity contribution in [3.8, 4) is 5.69 Å². The molecular weight excluding hydrogens is 507 g/mol. The largest absolute Gasteiger partial charge is 0.455 e. The molecule has 0 aliphatic carbocycles. The Morgan fingerprint density at radius 3 is 2.51 bits per heavy atom. The lowest BCUT2D eigenvalue weighted by Gasteiger charge is -2.42. The normalized spacial score (nSPS) is 15.5. The molecule has 1 aliphatic heterocycles. The van der Waals surface area contributed by atoms with Gasteiger partial charge in [-0.25, -0.2) is 9.50 Å². The first kappa shape index (κ1) is 24.5. The lowest BCUT2D eigenvalue weighted by Crippen LogP contribution is -2.46. The fourth-order valence-electron chi connectivity index (χ4n) is 3.92. The fourth-order valence-corrected chi connectivity index (χ4v) is 4.14. The number of hydrogen-bond donors (Lipinski definition) is 1. The molecule has 2 N–H and O–H groups in total. The van der Waals surface area contributed by atoms with Gasteiger partial charge < -0.3 is 10.6 Å². The molecule has 1 aliphatic rings. The van der Waals surface area contributed by atoms with Crippen LogP contribution in [0.1, 0.15) is 28.6 Å².